The molecule has 0 amide bonds. The monoisotopic (exact) mass is 357 g/mol. The van der Waals surface area contributed by atoms with Gasteiger partial charge in [0.1, 0.15) is 5.82 Å². The Labute approximate surface area is 153 Å². The highest BCUT2D eigenvalue weighted by Crippen LogP contribution is 2.31. The summed E-state index contributed by atoms with van der Waals surface area (Å²) >= 11 is 6.01. The summed E-state index contributed by atoms with van der Waals surface area (Å²) in [6.07, 6.45) is 8.07. The van der Waals surface area contributed by atoms with E-state index in [2.05, 4.69) is 5.32 Å². The van der Waals surface area contributed by atoms with Crippen LogP contribution in [-0.2, 0) is 12.8 Å². The number of anilines is 1. The second-order valence-corrected chi connectivity index (χ2v) is 7.62. The van der Waals surface area contributed by atoms with Crippen molar-refractivity contribution in [1.29, 1.82) is 0 Å². The van der Waals surface area contributed by atoms with Crippen LogP contribution in [0.3, 0.4) is 0 Å². The summed E-state index contributed by atoms with van der Waals surface area (Å²) in [4.78, 5) is 9.72. The highest BCUT2D eigenvalue weighted by Gasteiger charge is 2.23. The summed E-state index contributed by atoms with van der Waals surface area (Å²) in [5, 5.41) is 14.1. The van der Waals surface area contributed by atoms with Gasteiger partial charge in [-0.25, -0.2) is 9.97 Å². The predicted octanol–water partition coefficient (Wildman–Crippen LogP) is 4.39. The quantitative estimate of drug-likeness (QED) is 0.855. The Morgan fingerprint density at radius 1 is 0.960 bits per heavy atom. The van der Waals surface area contributed by atoms with Crippen LogP contribution < -0.4 is 5.32 Å². The molecule has 2 aromatic rings. The second kappa shape index (κ2) is 7.30. The minimum Gasteiger partial charge on any atom is -0.393 e. The molecule has 0 atom stereocenters. The molecule has 5 heteroatoms. The Morgan fingerprint density at radius 2 is 1.68 bits per heavy atom. The van der Waals surface area contributed by atoms with Gasteiger partial charge in [0.2, 0.25) is 0 Å². The number of benzene rings is 1. The molecule has 0 aliphatic heterocycles. The topological polar surface area (TPSA) is 58.0 Å². The molecule has 0 saturated heterocycles. The van der Waals surface area contributed by atoms with Crippen LogP contribution in [-0.4, -0.2) is 27.2 Å². The van der Waals surface area contributed by atoms with Crippen molar-refractivity contribution in [2.75, 3.05) is 5.32 Å². The van der Waals surface area contributed by atoms with Gasteiger partial charge in [-0.2, -0.15) is 0 Å². The fourth-order valence-corrected chi connectivity index (χ4v) is 3.98. The molecule has 4 rings (SSSR count). The number of nitrogens with one attached hydrogen (secondary N) is 1. The third kappa shape index (κ3) is 3.80. The predicted molar refractivity (Wildman–Crippen MR) is 101 cm³/mol. The van der Waals surface area contributed by atoms with Crippen molar-refractivity contribution in [1.82, 2.24) is 9.97 Å². The zero-order chi connectivity index (χ0) is 17.2. The maximum atomic E-state index is 9.74. The molecular weight excluding hydrogens is 334 g/mol. The molecule has 0 bridgehead atoms. The van der Waals surface area contributed by atoms with Gasteiger partial charge >= 0.3 is 0 Å². The van der Waals surface area contributed by atoms with Crippen molar-refractivity contribution in [3.8, 4) is 11.4 Å². The van der Waals surface area contributed by atoms with Crippen LogP contribution in [0, 0.1) is 0 Å². The molecule has 1 aromatic carbocycles. The number of aromatic nitrogens is 2. The van der Waals surface area contributed by atoms with Gasteiger partial charge in [-0.05, 0) is 75.6 Å². The zero-order valence-corrected chi connectivity index (χ0v) is 15.1. The Kier molecular flexibility index (Phi) is 4.91. The number of rotatable bonds is 3. The molecule has 0 radical (unpaired) electrons. The minimum atomic E-state index is -0.137. The molecule has 1 fully saturated rings. The number of aryl methyl sites for hydroxylation is 1. The Hall–Kier alpha value is -1.65. The van der Waals surface area contributed by atoms with Crippen LogP contribution in [0.2, 0.25) is 5.02 Å². The summed E-state index contributed by atoms with van der Waals surface area (Å²) < 4.78 is 0. The highest BCUT2D eigenvalue weighted by molar-refractivity contribution is 6.30. The molecular formula is C20H24ClN3O. The smallest absolute Gasteiger partial charge is 0.161 e. The molecule has 2 N–H and O–H groups in total. The first-order valence-electron chi connectivity index (χ1n) is 9.29. The van der Waals surface area contributed by atoms with Gasteiger partial charge in [0.25, 0.3) is 0 Å². The van der Waals surface area contributed by atoms with E-state index in [1.807, 2.05) is 24.3 Å². The number of nitrogens with zero attached hydrogens (tertiary/aromatic N) is 2. The van der Waals surface area contributed by atoms with Gasteiger partial charge in [-0.15, -0.1) is 0 Å². The molecule has 4 nitrogen and oxygen atoms in total. The summed E-state index contributed by atoms with van der Waals surface area (Å²) in [6, 6.07) is 8.12. The van der Waals surface area contributed by atoms with Gasteiger partial charge in [-0.1, -0.05) is 11.6 Å². The molecule has 132 valence electrons. The summed E-state index contributed by atoms with van der Waals surface area (Å²) in [5.41, 5.74) is 3.47. The van der Waals surface area contributed by atoms with E-state index in [-0.39, 0.29) is 6.10 Å². The number of aliphatic hydroxyl groups is 1. The van der Waals surface area contributed by atoms with E-state index in [4.69, 9.17) is 21.6 Å². The Bertz CT molecular complexity index is 739. The van der Waals surface area contributed by atoms with Crippen LogP contribution in [0.5, 0.6) is 0 Å². The van der Waals surface area contributed by atoms with Crippen LogP contribution in [0.1, 0.15) is 49.8 Å². The standard InChI is InChI=1S/C20H24ClN3O/c21-14-7-5-13(6-8-14)19-23-18-4-2-1-3-17(18)20(24-19)22-15-9-11-16(25)12-10-15/h5-8,15-16,25H,1-4,9-12H2,(H,22,23,24)/t15-,16-. The molecule has 1 heterocycles. The van der Waals surface area contributed by atoms with Crippen molar-refractivity contribution in [2.24, 2.45) is 0 Å². The average molecular weight is 358 g/mol. The van der Waals surface area contributed by atoms with E-state index in [0.717, 1.165) is 60.8 Å². The summed E-state index contributed by atoms with van der Waals surface area (Å²) in [5.74, 6) is 1.77. The van der Waals surface area contributed by atoms with Crippen LogP contribution in [0.25, 0.3) is 11.4 Å². The number of aliphatic hydroxyl groups excluding tert-OH is 1. The molecule has 0 unspecified atom stereocenters. The molecule has 1 aromatic heterocycles. The third-order valence-corrected chi connectivity index (χ3v) is 5.58. The van der Waals surface area contributed by atoms with E-state index in [1.54, 1.807) is 0 Å². The maximum Gasteiger partial charge on any atom is 0.161 e. The van der Waals surface area contributed by atoms with Gasteiger partial charge in [0.05, 0.1) is 6.10 Å². The number of halogens is 1. The highest BCUT2D eigenvalue weighted by atomic mass is 35.5. The zero-order valence-electron chi connectivity index (χ0n) is 14.3. The first-order valence-corrected chi connectivity index (χ1v) is 9.67. The van der Waals surface area contributed by atoms with E-state index in [1.165, 1.54) is 24.1 Å². The fourth-order valence-electron chi connectivity index (χ4n) is 3.86. The van der Waals surface area contributed by atoms with Gasteiger partial charge in [0.15, 0.2) is 5.82 Å². The Morgan fingerprint density at radius 3 is 2.44 bits per heavy atom. The molecule has 25 heavy (non-hydrogen) atoms. The molecule has 1 saturated carbocycles. The van der Waals surface area contributed by atoms with Crippen molar-refractivity contribution >= 4 is 17.4 Å². The van der Waals surface area contributed by atoms with E-state index >= 15 is 0 Å². The number of hydrogen-bond donors (Lipinski definition) is 2. The number of fused-ring (bicyclic) bond motifs is 1. The van der Waals surface area contributed by atoms with Crippen molar-refractivity contribution in [2.45, 2.75) is 63.5 Å². The van der Waals surface area contributed by atoms with Gasteiger partial charge < -0.3 is 10.4 Å². The molecule has 2 aliphatic rings. The van der Waals surface area contributed by atoms with E-state index in [9.17, 15) is 5.11 Å². The van der Waals surface area contributed by atoms with E-state index in [0.29, 0.717) is 6.04 Å². The second-order valence-electron chi connectivity index (χ2n) is 7.18. The van der Waals surface area contributed by atoms with Gasteiger partial charge in [-0.3, -0.25) is 0 Å². The van der Waals surface area contributed by atoms with Gasteiger partial charge in [0, 0.05) is 27.9 Å². The summed E-state index contributed by atoms with van der Waals surface area (Å²) in [7, 11) is 0. The molecule has 0 spiro atoms. The van der Waals surface area contributed by atoms with Crippen molar-refractivity contribution < 1.29 is 5.11 Å². The normalized spacial score (nSPS) is 23.1. The fraction of sp³-hybridized carbons (Fsp3) is 0.500. The maximum absolute atomic E-state index is 9.74. The third-order valence-electron chi connectivity index (χ3n) is 5.32. The first kappa shape index (κ1) is 16.8. The minimum absolute atomic E-state index is 0.137. The average Bonchev–Trinajstić information content (AvgIpc) is 2.64. The SMILES string of the molecule is O[C@H]1CC[C@H](Nc2nc(-c3ccc(Cl)cc3)nc3c2CCCC3)CC1. The lowest BCUT2D eigenvalue weighted by atomic mass is 9.92. The Balaban J connectivity index is 1.66. The largest absolute Gasteiger partial charge is 0.393 e. The lowest BCUT2D eigenvalue weighted by molar-refractivity contribution is 0.126. The number of hydrogen-bond acceptors (Lipinski definition) is 4. The first-order chi connectivity index (χ1) is 12.2. The van der Waals surface area contributed by atoms with Crippen LogP contribution in [0.15, 0.2) is 24.3 Å². The molecule has 2 aliphatic carbocycles. The summed E-state index contributed by atoms with van der Waals surface area (Å²) in [6.45, 7) is 0. The van der Waals surface area contributed by atoms with Crippen LogP contribution >= 0.6 is 11.6 Å². The van der Waals surface area contributed by atoms with Crippen molar-refractivity contribution in [3.63, 3.8) is 0 Å². The van der Waals surface area contributed by atoms with E-state index < -0.39 is 0 Å². The lowest BCUT2D eigenvalue weighted by Gasteiger charge is -2.28. The lowest BCUT2D eigenvalue weighted by Crippen LogP contribution is -2.29. The van der Waals surface area contributed by atoms with Crippen LogP contribution in [0.4, 0.5) is 5.82 Å². The van der Waals surface area contributed by atoms with Crippen molar-refractivity contribution in [3.05, 3.63) is 40.5 Å².